The Labute approximate surface area is 90.7 Å². The highest BCUT2D eigenvalue weighted by Gasteiger charge is 2.09. The van der Waals surface area contributed by atoms with Crippen molar-refractivity contribution in [1.82, 2.24) is 5.32 Å². The van der Waals surface area contributed by atoms with Crippen LogP contribution in [-0.2, 0) is 5.75 Å². The first kappa shape index (κ1) is 9.87. The number of benzene rings is 1. The standard InChI is InChI=1S/C11H16N2S/c14-9-10-1-3-11(4-2-10)13-7-5-12-6-8-13/h1-4,12,14H,5-9H2. The lowest BCUT2D eigenvalue weighted by Crippen LogP contribution is -2.43. The summed E-state index contributed by atoms with van der Waals surface area (Å²) in [6.07, 6.45) is 0. The van der Waals surface area contributed by atoms with Gasteiger partial charge in [-0.05, 0) is 17.7 Å². The molecule has 2 nitrogen and oxygen atoms in total. The second-order valence-corrected chi connectivity index (χ2v) is 3.88. The lowest BCUT2D eigenvalue weighted by Gasteiger charge is -2.29. The van der Waals surface area contributed by atoms with Gasteiger partial charge in [-0.1, -0.05) is 12.1 Å². The molecule has 1 saturated heterocycles. The van der Waals surface area contributed by atoms with Crippen LogP contribution in [0.25, 0.3) is 0 Å². The first-order chi connectivity index (χ1) is 6.90. The maximum absolute atomic E-state index is 4.25. The van der Waals surface area contributed by atoms with Gasteiger partial charge in [0, 0.05) is 37.6 Å². The molecule has 14 heavy (non-hydrogen) atoms. The molecule has 1 aromatic carbocycles. The summed E-state index contributed by atoms with van der Waals surface area (Å²) in [5.41, 5.74) is 2.62. The number of hydrogen-bond donors (Lipinski definition) is 2. The highest BCUT2D eigenvalue weighted by Crippen LogP contribution is 2.16. The molecule has 1 aliphatic heterocycles. The molecular formula is C11H16N2S. The van der Waals surface area contributed by atoms with Gasteiger partial charge >= 0.3 is 0 Å². The Morgan fingerprint density at radius 2 is 1.79 bits per heavy atom. The maximum Gasteiger partial charge on any atom is 0.0367 e. The third-order valence-electron chi connectivity index (χ3n) is 2.60. The van der Waals surface area contributed by atoms with Crippen LogP contribution in [0.1, 0.15) is 5.56 Å². The van der Waals surface area contributed by atoms with E-state index in [0.717, 1.165) is 31.9 Å². The van der Waals surface area contributed by atoms with E-state index in [1.165, 1.54) is 11.3 Å². The third-order valence-corrected chi connectivity index (χ3v) is 2.97. The fraction of sp³-hybridized carbons (Fsp3) is 0.455. The molecule has 1 heterocycles. The molecular weight excluding hydrogens is 192 g/mol. The molecule has 0 spiro atoms. The Kier molecular flexibility index (Phi) is 3.32. The lowest BCUT2D eigenvalue weighted by molar-refractivity contribution is 0.589. The van der Waals surface area contributed by atoms with Gasteiger partial charge in [-0.3, -0.25) is 0 Å². The summed E-state index contributed by atoms with van der Waals surface area (Å²) in [4.78, 5) is 2.42. The van der Waals surface area contributed by atoms with Crippen LogP contribution >= 0.6 is 12.6 Å². The lowest BCUT2D eigenvalue weighted by atomic mass is 10.2. The van der Waals surface area contributed by atoms with Gasteiger partial charge in [-0.25, -0.2) is 0 Å². The largest absolute Gasteiger partial charge is 0.369 e. The van der Waals surface area contributed by atoms with Crippen LogP contribution in [0.3, 0.4) is 0 Å². The van der Waals surface area contributed by atoms with Gasteiger partial charge in [0.25, 0.3) is 0 Å². The zero-order valence-corrected chi connectivity index (χ0v) is 9.13. The van der Waals surface area contributed by atoms with Crippen molar-refractivity contribution in [2.75, 3.05) is 31.1 Å². The molecule has 0 bridgehead atoms. The Hall–Kier alpha value is -0.670. The van der Waals surface area contributed by atoms with Crippen molar-refractivity contribution >= 4 is 18.3 Å². The van der Waals surface area contributed by atoms with E-state index >= 15 is 0 Å². The van der Waals surface area contributed by atoms with Crippen LogP contribution in [0, 0.1) is 0 Å². The van der Waals surface area contributed by atoms with E-state index in [1.807, 2.05) is 0 Å². The quantitative estimate of drug-likeness (QED) is 0.717. The number of anilines is 1. The molecule has 0 saturated carbocycles. The molecule has 0 radical (unpaired) electrons. The Morgan fingerprint density at radius 3 is 2.36 bits per heavy atom. The van der Waals surface area contributed by atoms with E-state index in [2.05, 4.69) is 47.1 Å². The van der Waals surface area contributed by atoms with Crippen molar-refractivity contribution in [2.45, 2.75) is 5.75 Å². The normalized spacial score (nSPS) is 17.1. The van der Waals surface area contributed by atoms with E-state index in [1.54, 1.807) is 0 Å². The molecule has 0 atom stereocenters. The monoisotopic (exact) mass is 208 g/mol. The Balaban J connectivity index is 2.07. The van der Waals surface area contributed by atoms with Crippen LogP contribution in [0.15, 0.2) is 24.3 Å². The van der Waals surface area contributed by atoms with Crippen LogP contribution in [0.5, 0.6) is 0 Å². The van der Waals surface area contributed by atoms with Gasteiger partial charge < -0.3 is 10.2 Å². The highest BCUT2D eigenvalue weighted by atomic mass is 32.1. The average Bonchev–Trinajstić information content (AvgIpc) is 2.30. The van der Waals surface area contributed by atoms with E-state index in [0.29, 0.717) is 0 Å². The fourth-order valence-corrected chi connectivity index (χ4v) is 1.95. The predicted molar refractivity (Wildman–Crippen MR) is 64.2 cm³/mol. The molecule has 0 unspecified atom stereocenters. The summed E-state index contributed by atoms with van der Waals surface area (Å²) >= 11 is 4.25. The van der Waals surface area contributed by atoms with Crippen molar-refractivity contribution in [2.24, 2.45) is 0 Å². The second-order valence-electron chi connectivity index (χ2n) is 3.56. The number of piperazine rings is 1. The van der Waals surface area contributed by atoms with Gasteiger partial charge in [0.15, 0.2) is 0 Å². The van der Waals surface area contributed by atoms with Gasteiger partial charge in [0.2, 0.25) is 0 Å². The molecule has 1 fully saturated rings. The van der Waals surface area contributed by atoms with Gasteiger partial charge in [-0.2, -0.15) is 12.6 Å². The van der Waals surface area contributed by atoms with Crippen LogP contribution in [0.2, 0.25) is 0 Å². The number of nitrogens with zero attached hydrogens (tertiary/aromatic N) is 1. The van der Waals surface area contributed by atoms with Gasteiger partial charge in [-0.15, -0.1) is 0 Å². The Bertz CT molecular complexity index is 278. The predicted octanol–water partition coefficient (Wildman–Crippen LogP) is 1.53. The molecule has 1 N–H and O–H groups in total. The summed E-state index contributed by atoms with van der Waals surface area (Å²) in [7, 11) is 0. The van der Waals surface area contributed by atoms with E-state index in [4.69, 9.17) is 0 Å². The van der Waals surface area contributed by atoms with Crippen molar-refractivity contribution in [3.63, 3.8) is 0 Å². The summed E-state index contributed by atoms with van der Waals surface area (Å²) in [5.74, 6) is 0.821. The highest BCUT2D eigenvalue weighted by molar-refractivity contribution is 7.79. The molecule has 0 aliphatic carbocycles. The molecule has 3 heteroatoms. The third kappa shape index (κ3) is 2.22. The summed E-state index contributed by atoms with van der Waals surface area (Å²) in [6, 6.07) is 8.70. The molecule has 0 amide bonds. The van der Waals surface area contributed by atoms with E-state index < -0.39 is 0 Å². The van der Waals surface area contributed by atoms with Crippen LogP contribution in [-0.4, -0.2) is 26.2 Å². The first-order valence-electron chi connectivity index (χ1n) is 5.05. The van der Waals surface area contributed by atoms with Gasteiger partial charge in [0.05, 0.1) is 0 Å². The number of hydrogen-bond acceptors (Lipinski definition) is 3. The van der Waals surface area contributed by atoms with Crippen molar-refractivity contribution in [1.29, 1.82) is 0 Å². The number of rotatable bonds is 2. The second kappa shape index (κ2) is 4.71. The maximum atomic E-state index is 4.25. The molecule has 76 valence electrons. The van der Waals surface area contributed by atoms with Crippen molar-refractivity contribution < 1.29 is 0 Å². The van der Waals surface area contributed by atoms with Crippen LogP contribution in [0.4, 0.5) is 5.69 Å². The van der Waals surface area contributed by atoms with Crippen molar-refractivity contribution in [3.8, 4) is 0 Å². The molecule has 0 aromatic heterocycles. The molecule has 1 aliphatic rings. The molecule has 2 rings (SSSR count). The minimum atomic E-state index is 0.821. The average molecular weight is 208 g/mol. The topological polar surface area (TPSA) is 15.3 Å². The molecule has 1 aromatic rings. The minimum Gasteiger partial charge on any atom is -0.369 e. The van der Waals surface area contributed by atoms with Crippen LogP contribution < -0.4 is 10.2 Å². The first-order valence-corrected chi connectivity index (χ1v) is 5.69. The smallest absolute Gasteiger partial charge is 0.0367 e. The number of nitrogens with one attached hydrogen (secondary N) is 1. The van der Waals surface area contributed by atoms with Gasteiger partial charge in [0.1, 0.15) is 0 Å². The van der Waals surface area contributed by atoms with E-state index in [9.17, 15) is 0 Å². The summed E-state index contributed by atoms with van der Waals surface area (Å²) in [5, 5.41) is 3.35. The fourth-order valence-electron chi connectivity index (χ4n) is 1.74. The Morgan fingerprint density at radius 1 is 1.14 bits per heavy atom. The van der Waals surface area contributed by atoms with Crippen molar-refractivity contribution in [3.05, 3.63) is 29.8 Å². The SMILES string of the molecule is SCc1ccc(N2CCNCC2)cc1. The zero-order chi connectivity index (χ0) is 9.80. The summed E-state index contributed by atoms with van der Waals surface area (Å²) in [6.45, 7) is 4.41. The van der Waals surface area contributed by atoms with E-state index in [-0.39, 0.29) is 0 Å². The summed E-state index contributed by atoms with van der Waals surface area (Å²) < 4.78 is 0. The minimum absolute atomic E-state index is 0.821. The number of thiol groups is 1. The zero-order valence-electron chi connectivity index (χ0n) is 8.24.